The molecule has 4 aromatic rings. The van der Waals surface area contributed by atoms with Crippen molar-refractivity contribution in [3.8, 4) is 23.1 Å². The van der Waals surface area contributed by atoms with Crippen LogP contribution in [0.25, 0.3) is 5.69 Å². The third-order valence-electron chi connectivity index (χ3n) is 5.19. The fourth-order valence-electron chi connectivity index (χ4n) is 3.57. The highest BCUT2D eigenvalue weighted by atomic mass is 16.5. The number of carbonyl (C=O) groups excluding carboxylic acids is 1. The number of para-hydroxylation sites is 1. The lowest BCUT2D eigenvalue weighted by Gasteiger charge is -2.11. The van der Waals surface area contributed by atoms with Crippen LogP contribution < -0.4 is 14.9 Å². The Morgan fingerprint density at radius 3 is 2.40 bits per heavy atom. The number of nitrogens with zero attached hydrogens (tertiary/aromatic N) is 5. The zero-order chi connectivity index (χ0) is 24.8. The van der Waals surface area contributed by atoms with Crippen LogP contribution in [0.3, 0.4) is 0 Å². The molecule has 0 aliphatic rings. The number of hydrogen-bond acceptors (Lipinski definition) is 6. The largest absolute Gasteiger partial charge is 0.494 e. The Bertz CT molecular complexity index is 1320. The van der Waals surface area contributed by atoms with E-state index in [-0.39, 0.29) is 12.5 Å². The summed E-state index contributed by atoms with van der Waals surface area (Å²) in [4.78, 5) is 12.4. The van der Waals surface area contributed by atoms with E-state index in [4.69, 9.17) is 9.47 Å². The Kier molecular flexibility index (Phi) is 7.25. The van der Waals surface area contributed by atoms with Gasteiger partial charge in [-0.25, -0.2) is 5.43 Å². The molecule has 1 N–H and O–H groups in total. The van der Waals surface area contributed by atoms with Gasteiger partial charge in [0.05, 0.1) is 35.5 Å². The standard InChI is InChI=1S/C26H28N6O3/c1-5-34-22-11-13-23(14-12-22)35-26-24(20(4)30-32(26)21-9-7-6-8-10-21)16-27-28-25(33)17-31-19(3)15-18(2)29-31/h6-16H,5,17H2,1-4H3,(H,28,33). The molecule has 2 aromatic heterocycles. The average Bonchev–Trinajstić information content (AvgIpc) is 3.33. The molecule has 35 heavy (non-hydrogen) atoms. The summed E-state index contributed by atoms with van der Waals surface area (Å²) in [5.74, 6) is 1.58. The number of hydrogen-bond donors (Lipinski definition) is 1. The Hall–Kier alpha value is -4.40. The molecule has 0 aliphatic carbocycles. The summed E-state index contributed by atoms with van der Waals surface area (Å²) in [7, 11) is 0. The van der Waals surface area contributed by atoms with Gasteiger partial charge in [-0.3, -0.25) is 9.48 Å². The number of aryl methyl sites for hydroxylation is 3. The molecule has 180 valence electrons. The molecule has 2 heterocycles. The summed E-state index contributed by atoms with van der Waals surface area (Å²) in [6.45, 7) is 8.26. The highest BCUT2D eigenvalue weighted by Crippen LogP contribution is 2.30. The lowest BCUT2D eigenvalue weighted by atomic mass is 10.2. The summed E-state index contributed by atoms with van der Waals surface area (Å²) in [6.07, 6.45) is 1.55. The summed E-state index contributed by atoms with van der Waals surface area (Å²) < 4.78 is 15.1. The van der Waals surface area contributed by atoms with E-state index in [1.807, 2.05) is 88.4 Å². The number of rotatable bonds is 9. The monoisotopic (exact) mass is 472 g/mol. The lowest BCUT2D eigenvalue weighted by molar-refractivity contribution is -0.121. The summed E-state index contributed by atoms with van der Waals surface area (Å²) in [5.41, 5.74) is 6.52. The van der Waals surface area contributed by atoms with Crippen molar-refractivity contribution in [1.82, 2.24) is 25.0 Å². The van der Waals surface area contributed by atoms with Crippen LogP contribution in [0.1, 0.15) is 29.6 Å². The summed E-state index contributed by atoms with van der Waals surface area (Å²) in [6, 6.07) is 19.0. The van der Waals surface area contributed by atoms with Gasteiger partial charge in [0.2, 0.25) is 5.88 Å². The van der Waals surface area contributed by atoms with E-state index in [2.05, 4.69) is 20.7 Å². The fourth-order valence-corrected chi connectivity index (χ4v) is 3.57. The molecule has 4 rings (SSSR count). The quantitative estimate of drug-likeness (QED) is 0.289. The van der Waals surface area contributed by atoms with Gasteiger partial charge >= 0.3 is 0 Å². The highest BCUT2D eigenvalue weighted by Gasteiger charge is 2.18. The van der Waals surface area contributed by atoms with Crippen LogP contribution in [0.5, 0.6) is 17.4 Å². The predicted octanol–water partition coefficient (Wildman–Crippen LogP) is 4.34. The van der Waals surface area contributed by atoms with Crippen molar-refractivity contribution in [3.63, 3.8) is 0 Å². The minimum absolute atomic E-state index is 0.0782. The third-order valence-corrected chi connectivity index (χ3v) is 5.19. The third kappa shape index (κ3) is 5.75. The van der Waals surface area contributed by atoms with Gasteiger partial charge in [-0.15, -0.1) is 0 Å². The zero-order valence-electron chi connectivity index (χ0n) is 20.2. The number of aromatic nitrogens is 4. The van der Waals surface area contributed by atoms with E-state index < -0.39 is 0 Å². The fraction of sp³-hybridized carbons (Fsp3) is 0.231. The summed E-state index contributed by atoms with van der Waals surface area (Å²) >= 11 is 0. The van der Waals surface area contributed by atoms with E-state index in [9.17, 15) is 4.79 Å². The second-order valence-electron chi connectivity index (χ2n) is 7.94. The molecule has 2 aromatic carbocycles. The van der Waals surface area contributed by atoms with Crippen LogP contribution in [0.2, 0.25) is 0 Å². The van der Waals surface area contributed by atoms with E-state index in [1.165, 1.54) is 0 Å². The van der Waals surface area contributed by atoms with E-state index in [0.29, 0.717) is 29.5 Å². The van der Waals surface area contributed by atoms with Gasteiger partial charge in [-0.2, -0.15) is 20.0 Å². The first-order valence-electron chi connectivity index (χ1n) is 11.3. The molecular formula is C26H28N6O3. The van der Waals surface area contributed by atoms with Gasteiger partial charge in [-0.1, -0.05) is 18.2 Å². The normalized spacial score (nSPS) is 11.1. The molecular weight excluding hydrogens is 444 g/mol. The second-order valence-corrected chi connectivity index (χ2v) is 7.94. The lowest BCUT2D eigenvalue weighted by Crippen LogP contribution is -2.24. The van der Waals surface area contributed by atoms with Crippen LogP contribution in [0.15, 0.2) is 65.8 Å². The molecule has 9 nitrogen and oxygen atoms in total. The van der Waals surface area contributed by atoms with Crippen molar-refractivity contribution in [3.05, 3.63) is 83.3 Å². The predicted molar refractivity (Wildman–Crippen MR) is 133 cm³/mol. The van der Waals surface area contributed by atoms with E-state index in [0.717, 1.165) is 22.8 Å². The molecule has 0 aliphatic heterocycles. The SMILES string of the molecule is CCOc1ccc(Oc2c(C=NNC(=O)Cn3nc(C)cc3C)c(C)nn2-c2ccccc2)cc1. The first kappa shape index (κ1) is 23.7. The molecule has 0 saturated heterocycles. The van der Waals surface area contributed by atoms with Crippen LogP contribution >= 0.6 is 0 Å². The molecule has 9 heteroatoms. The molecule has 0 radical (unpaired) electrons. The second kappa shape index (κ2) is 10.7. The molecule has 0 atom stereocenters. The van der Waals surface area contributed by atoms with Crippen molar-refractivity contribution in [1.29, 1.82) is 0 Å². The van der Waals surface area contributed by atoms with Crippen molar-refractivity contribution in [2.24, 2.45) is 5.10 Å². The van der Waals surface area contributed by atoms with Crippen LogP contribution in [0.4, 0.5) is 0 Å². The van der Waals surface area contributed by atoms with Crippen LogP contribution in [0, 0.1) is 20.8 Å². The molecule has 1 amide bonds. The molecule has 0 unspecified atom stereocenters. The van der Waals surface area contributed by atoms with Crippen molar-refractivity contribution in [2.45, 2.75) is 34.2 Å². The number of nitrogens with one attached hydrogen (secondary N) is 1. The van der Waals surface area contributed by atoms with Crippen molar-refractivity contribution >= 4 is 12.1 Å². The number of hydrazone groups is 1. The van der Waals surface area contributed by atoms with E-state index >= 15 is 0 Å². The first-order chi connectivity index (χ1) is 16.9. The molecule has 0 spiro atoms. The van der Waals surface area contributed by atoms with Crippen LogP contribution in [-0.2, 0) is 11.3 Å². The minimum Gasteiger partial charge on any atom is -0.494 e. The minimum atomic E-state index is -0.283. The summed E-state index contributed by atoms with van der Waals surface area (Å²) in [5, 5.41) is 13.1. The number of benzene rings is 2. The maximum absolute atomic E-state index is 12.4. The van der Waals surface area contributed by atoms with Crippen LogP contribution in [-0.4, -0.2) is 38.3 Å². The Morgan fingerprint density at radius 1 is 1.03 bits per heavy atom. The average molecular weight is 473 g/mol. The molecule has 0 saturated carbocycles. The van der Waals surface area contributed by atoms with Gasteiger partial charge in [0.15, 0.2) is 0 Å². The van der Waals surface area contributed by atoms with Gasteiger partial charge in [0, 0.05) is 5.69 Å². The zero-order valence-corrected chi connectivity index (χ0v) is 20.2. The highest BCUT2D eigenvalue weighted by molar-refractivity contribution is 5.86. The Morgan fingerprint density at radius 2 is 1.74 bits per heavy atom. The smallest absolute Gasteiger partial charge is 0.261 e. The molecule has 0 fully saturated rings. The molecule has 0 bridgehead atoms. The maximum atomic E-state index is 12.4. The van der Waals surface area contributed by atoms with Gasteiger partial charge in [-0.05, 0) is 70.2 Å². The van der Waals surface area contributed by atoms with Gasteiger partial charge in [0.1, 0.15) is 18.0 Å². The Balaban J connectivity index is 1.58. The maximum Gasteiger partial charge on any atom is 0.261 e. The number of carbonyl (C=O) groups is 1. The number of amides is 1. The first-order valence-corrected chi connectivity index (χ1v) is 11.3. The number of ether oxygens (including phenoxy) is 2. The Labute approximate surface area is 204 Å². The van der Waals surface area contributed by atoms with Crippen molar-refractivity contribution < 1.29 is 14.3 Å². The van der Waals surface area contributed by atoms with Crippen molar-refractivity contribution in [2.75, 3.05) is 6.61 Å². The topological polar surface area (TPSA) is 95.6 Å². The van der Waals surface area contributed by atoms with Gasteiger partial charge in [0.25, 0.3) is 5.91 Å². The van der Waals surface area contributed by atoms with E-state index in [1.54, 1.807) is 15.6 Å². The van der Waals surface area contributed by atoms with Gasteiger partial charge < -0.3 is 9.47 Å².